The van der Waals surface area contributed by atoms with Crippen LogP contribution in [0, 0.1) is 23.7 Å². The number of carbonyl (C=O) groups excluding carboxylic acids is 1. The van der Waals surface area contributed by atoms with E-state index in [2.05, 4.69) is 29.3 Å². The van der Waals surface area contributed by atoms with Crippen molar-refractivity contribution in [2.45, 2.75) is 90.1 Å². The van der Waals surface area contributed by atoms with Crippen LogP contribution in [0.3, 0.4) is 0 Å². The Morgan fingerprint density at radius 2 is 2.12 bits per heavy atom. The summed E-state index contributed by atoms with van der Waals surface area (Å²) in [6.07, 6.45) is 5.92. The zero-order valence-corrected chi connectivity index (χ0v) is 19.7. The van der Waals surface area contributed by atoms with E-state index >= 15 is 0 Å². The van der Waals surface area contributed by atoms with Gasteiger partial charge in [-0.2, -0.15) is 0 Å². The SMILES string of the molecule is CC#CC[C@H](C)[C@H](O)C=C[C@@H]1[C@H]2c3cccc(CCCC(=O)NC(C)C)c3O[C@H]2C[C@H]1O. The van der Waals surface area contributed by atoms with Gasteiger partial charge < -0.3 is 20.3 Å². The summed E-state index contributed by atoms with van der Waals surface area (Å²) in [5.41, 5.74) is 2.25. The fourth-order valence-corrected chi connectivity index (χ4v) is 4.81. The first kappa shape index (κ1) is 24.4. The molecule has 3 rings (SSSR count). The van der Waals surface area contributed by atoms with Gasteiger partial charge in [-0.05, 0) is 45.1 Å². The van der Waals surface area contributed by atoms with Crippen LogP contribution in [-0.4, -0.2) is 40.5 Å². The molecule has 3 N–H and O–H groups in total. The van der Waals surface area contributed by atoms with Crippen LogP contribution in [0.5, 0.6) is 5.75 Å². The molecule has 0 saturated heterocycles. The van der Waals surface area contributed by atoms with Gasteiger partial charge in [-0.15, -0.1) is 11.8 Å². The predicted octanol–water partition coefficient (Wildman–Crippen LogP) is 3.73. The smallest absolute Gasteiger partial charge is 0.220 e. The number of ether oxygens (including phenoxy) is 1. The highest BCUT2D eigenvalue weighted by molar-refractivity contribution is 5.76. The lowest BCUT2D eigenvalue weighted by molar-refractivity contribution is -0.121. The molecule has 1 heterocycles. The van der Waals surface area contributed by atoms with E-state index in [9.17, 15) is 15.0 Å². The van der Waals surface area contributed by atoms with Crippen molar-refractivity contribution in [3.8, 4) is 17.6 Å². The van der Waals surface area contributed by atoms with E-state index in [0.717, 1.165) is 29.7 Å². The Morgan fingerprint density at radius 3 is 2.84 bits per heavy atom. The maximum atomic E-state index is 11.9. The van der Waals surface area contributed by atoms with Gasteiger partial charge in [0.15, 0.2) is 0 Å². The summed E-state index contributed by atoms with van der Waals surface area (Å²) in [6.45, 7) is 7.71. The van der Waals surface area contributed by atoms with Gasteiger partial charge in [0.2, 0.25) is 5.91 Å². The molecule has 2 aliphatic rings. The maximum Gasteiger partial charge on any atom is 0.220 e. The average molecular weight is 440 g/mol. The molecule has 1 aliphatic carbocycles. The minimum Gasteiger partial charge on any atom is -0.489 e. The third kappa shape index (κ3) is 5.74. The first-order chi connectivity index (χ1) is 15.3. The molecule has 1 aromatic rings. The highest BCUT2D eigenvalue weighted by atomic mass is 16.5. The number of carbonyl (C=O) groups is 1. The predicted molar refractivity (Wildman–Crippen MR) is 126 cm³/mol. The minimum absolute atomic E-state index is 0.0413. The standard InChI is InChI=1S/C27H37NO4/c1-5-6-9-18(4)22(29)15-14-20-23(30)16-24-26(20)21-12-7-10-19(27(21)32-24)11-8-13-25(31)28-17(2)3/h7,10,12,14-15,17-18,20,22-24,26,29-30H,8-9,11,13,16H2,1-4H3,(H,28,31)/t18-,20-,22+,23+,24-,26-/m0/s1. The largest absolute Gasteiger partial charge is 0.489 e. The maximum absolute atomic E-state index is 11.9. The van der Waals surface area contributed by atoms with Gasteiger partial charge in [-0.3, -0.25) is 4.79 Å². The Labute approximate surface area is 192 Å². The molecule has 0 spiro atoms. The number of benzene rings is 1. The zero-order chi connectivity index (χ0) is 23.3. The fraction of sp³-hybridized carbons (Fsp3) is 0.593. The van der Waals surface area contributed by atoms with E-state index in [1.165, 1.54) is 0 Å². The lowest BCUT2D eigenvalue weighted by Gasteiger charge is -2.19. The Bertz CT molecular complexity index is 881. The van der Waals surface area contributed by atoms with Gasteiger partial charge in [0.1, 0.15) is 11.9 Å². The number of hydrogen-bond donors (Lipinski definition) is 3. The van der Waals surface area contributed by atoms with Gasteiger partial charge in [0.25, 0.3) is 0 Å². The molecule has 1 aromatic carbocycles. The molecule has 1 aliphatic heterocycles. The van der Waals surface area contributed by atoms with Gasteiger partial charge in [-0.25, -0.2) is 0 Å². The van der Waals surface area contributed by atoms with Crippen LogP contribution in [0.4, 0.5) is 0 Å². The molecule has 1 saturated carbocycles. The van der Waals surface area contributed by atoms with Crippen molar-refractivity contribution in [3.05, 3.63) is 41.5 Å². The fourth-order valence-electron chi connectivity index (χ4n) is 4.81. The number of aliphatic hydroxyl groups is 2. The van der Waals surface area contributed by atoms with Crippen LogP contribution >= 0.6 is 0 Å². The monoisotopic (exact) mass is 439 g/mol. The van der Waals surface area contributed by atoms with E-state index in [0.29, 0.717) is 19.3 Å². The van der Waals surface area contributed by atoms with Gasteiger partial charge in [0, 0.05) is 42.7 Å². The van der Waals surface area contributed by atoms with E-state index in [1.54, 1.807) is 6.92 Å². The number of nitrogens with one attached hydrogen (secondary N) is 1. The van der Waals surface area contributed by atoms with E-state index in [-0.39, 0.29) is 35.8 Å². The second-order valence-corrected chi connectivity index (χ2v) is 9.46. The van der Waals surface area contributed by atoms with Crippen molar-refractivity contribution in [1.29, 1.82) is 0 Å². The van der Waals surface area contributed by atoms with Crippen LogP contribution in [0.1, 0.15) is 70.4 Å². The Hall–Kier alpha value is -2.29. The lowest BCUT2D eigenvalue weighted by Crippen LogP contribution is -2.29. The Kier molecular flexibility index (Phi) is 8.39. The normalized spacial score (nSPS) is 25.6. The molecule has 5 heteroatoms. The summed E-state index contributed by atoms with van der Waals surface area (Å²) in [5, 5.41) is 24.1. The van der Waals surface area contributed by atoms with E-state index < -0.39 is 12.2 Å². The molecular weight excluding hydrogens is 402 g/mol. The molecule has 5 nitrogen and oxygen atoms in total. The van der Waals surface area contributed by atoms with Crippen molar-refractivity contribution >= 4 is 5.91 Å². The van der Waals surface area contributed by atoms with Crippen molar-refractivity contribution < 1.29 is 19.7 Å². The highest BCUT2D eigenvalue weighted by Crippen LogP contribution is 2.52. The third-order valence-corrected chi connectivity index (χ3v) is 6.50. The zero-order valence-electron chi connectivity index (χ0n) is 19.7. The number of aliphatic hydroxyl groups excluding tert-OH is 2. The number of fused-ring (bicyclic) bond motifs is 3. The molecular formula is C27H37NO4. The molecule has 1 amide bonds. The second kappa shape index (κ2) is 11.0. The van der Waals surface area contributed by atoms with Crippen LogP contribution in [0.15, 0.2) is 30.4 Å². The third-order valence-electron chi connectivity index (χ3n) is 6.50. The molecule has 0 unspecified atom stereocenters. The number of rotatable bonds is 9. The molecule has 0 radical (unpaired) electrons. The summed E-state index contributed by atoms with van der Waals surface area (Å²) in [6, 6.07) is 6.36. The molecule has 6 atom stereocenters. The summed E-state index contributed by atoms with van der Waals surface area (Å²) >= 11 is 0. The van der Waals surface area contributed by atoms with Gasteiger partial charge >= 0.3 is 0 Å². The molecule has 0 bridgehead atoms. The second-order valence-electron chi connectivity index (χ2n) is 9.46. The number of aryl methyl sites for hydroxylation is 1. The topological polar surface area (TPSA) is 78.8 Å². The Morgan fingerprint density at radius 1 is 1.34 bits per heavy atom. The highest BCUT2D eigenvalue weighted by Gasteiger charge is 2.48. The quantitative estimate of drug-likeness (QED) is 0.405. The van der Waals surface area contributed by atoms with Gasteiger partial charge in [-0.1, -0.05) is 37.3 Å². The van der Waals surface area contributed by atoms with Crippen LogP contribution in [-0.2, 0) is 11.2 Å². The van der Waals surface area contributed by atoms with Crippen molar-refractivity contribution in [2.24, 2.45) is 11.8 Å². The average Bonchev–Trinajstić information content (AvgIpc) is 3.24. The lowest BCUT2D eigenvalue weighted by atomic mass is 9.86. The summed E-state index contributed by atoms with van der Waals surface area (Å²) in [4.78, 5) is 11.9. The van der Waals surface area contributed by atoms with E-state index in [4.69, 9.17) is 4.74 Å². The Balaban J connectivity index is 1.68. The number of hydrogen-bond acceptors (Lipinski definition) is 4. The summed E-state index contributed by atoms with van der Waals surface area (Å²) in [7, 11) is 0. The van der Waals surface area contributed by atoms with Crippen LogP contribution < -0.4 is 10.1 Å². The van der Waals surface area contributed by atoms with Crippen molar-refractivity contribution in [3.63, 3.8) is 0 Å². The molecule has 32 heavy (non-hydrogen) atoms. The molecule has 0 aromatic heterocycles. The van der Waals surface area contributed by atoms with Crippen molar-refractivity contribution in [2.75, 3.05) is 0 Å². The molecule has 174 valence electrons. The van der Waals surface area contributed by atoms with Crippen LogP contribution in [0.25, 0.3) is 0 Å². The minimum atomic E-state index is -0.591. The van der Waals surface area contributed by atoms with Crippen molar-refractivity contribution in [1.82, 2.24) is 5.32 Å². The van der Waals surface area contributed by atoms with E-state index in [1.807, 2.05) is 39.0 Å². The van der Waals surface area contributed by atoms with Gasteiger partial charge in [0.05, 0.1) is 12.2 Å². The number of para-hydroxylation sites is 1. The summed E-state index contributed by atoms with van der Waals surface area (Å²) < 4.78 is 6.32. The molecule has 1 fully saturated rings. The van der Waals surface area contributed by atoms with Crippen LogP contribution in [0.2, 0.25) is 0 Å². The number of amides is 1. The first-order valence-electron chi connectivity index (χ1n) is 11.8. The summed E-state index contributed by atoms with van der Waals surface area (Å²) in [5.74, 6) is 6.92. The first-order valence-corrected chi connectivity index (χ1v) is 11.8.